The van der Waals surface area contributed by atoms with Gasteiger partial charge < -0.3 is 14.8 Å². The summed E-state index contributed by atoms with van der Waals surface area (Å²) in [5.41, 5.74) is 0.806. The number of carbonyl (C=O) groups excluding carboxylic acids is 2. The van der Waals surface area contributed by atoms with Gasteiger partial charge in [-0.2, -0.15) is 0 Å². The standard InChI is InChI=1S/C16H19N3O6/c1-3-24-8-9-25-15(20)13-10(2)17-16(21)18-14(13)11-4-6-12(7-5-11)19(22)23/h4-7,13-14H,3,8-9H2,1-2H3,(H,18,21). The number of nitro groups is 1. The fourth-order valence-corrected chi connectivity index (χ4v) is 2.54. The summed E-state index contributed by atoms with van der Waals surface area (Å²) in [4.78, 5) is 38.2. The fraction of sp³-hybridized carbons (Fsp3) is 0.438. The number of carbonyl (C=O) groups is 2. The summed E-state index contributed by atoms with van der Waals surface area (Å²) in [6, 6.07) is 4.37. The van der Waals surface area contributed by atoms with E-state index in [9.17, 15) is 19.7 Å². The van der Waals surface area contributed by atoms with Gasteiger partial charge in [0.2, 0.25) is 0 Å². The number of rotatable bonds is 7. The molecule has 1 aromatic carbocycles. The van der Waals surface area contributed by atoms with Crippen LogP contribution >= 0.6 is 0 Å². The topological polar surface area (TPSA) is 120 Å². The number of nitrogens with one attached hydrogen (secondary N) is 1. The molecule has 2 rings (SSSR count). The Kier molecular flexibility index (Phi) is 6.18. The molecule has 1 aliphatic rings. The zero-order chi connectivity index (χ0) is 18.4. The number of hydrogen-bond acceptors (Lipinski definition) is 6. The van der Waals surface area contributed by atoms with Gasteiger partial charge in [-0.1, -0.05) is 12.1 Å². The molecule has 2 atom stereocenters. The summed E-state index contributed by atoms with van der Waals surface area (Å²) in [7, 11) is 0. The van der Waals surface area contributed by atoms with E-state index in [2.05, 4.69) is 10.3 Å². The van der Waals surface area contributed by atoms with Crippen LogP contribution in [0.2, 0.25) is 0 Å². The Balaban J connectivity index is 2.20. The van der Waals surface area contributed by atoms with Crippen LogP contribution in [0.15, 0.2) is 29.3 Å². The molecule has 134 valence electrons. The number of esters is 1. The van der Waals surface area contributed by atoms with Crippen molar-refractivity contribution in [2.45, 2.75) is 19.9 Å². The second-order valence-corrected chi connectivity index (χ2v) is 5.37. The van der Waals surface area contributed by atoms with Gasteiger partial charge >= 0.3 is 12.0 Å². The van der Waals surface area contributed by atoms with Crippen LogP contribution in [0.4, 0.5) is 10.5 Å². The van der Waals surface area contributed by atoms with Gasteiger partial charge in [-0.3, -0.25) is 14.9 Å². The second-order valence-electron chi connectivity index (χ2n) is 5.37. The minimum absolute atomic E-state index is 0.0767. The number of ether oxygens (including phenoxy) is 2. The maximum atomic E-state index is 12.4. The third-order valence-corrected chi connectivity index (χ3v) is 3.73. The minimum atomic E-state index is -0.805. The highest BCUT2D eigenvalue weighted by atomic mass is 16.6. The molecule has 0 spiro atoms. The Morgan fingerprint density at radius 3 is 2.60 bits per heavy atom. The number of amides is 2. The number of benzene rings is 1. The SMILES string of the molecule is CCOCCOC(=O)C1C(C)=NC(=O)NC1c1ccc([N+](=O)[O-])cc1. The quantitative estimate of drug-likeness (QED) is 0.348. The van der Waals surface area contributed by atoms with E-state index in [0.717, 1.165) is 0 Å². The van der Waals surface area contributed by atoms with Crippen molar-refractivity contribution in [2.24, 2.45) is 10.9 Å². The zero-order valence-corrected chi connectivity index (χ0v) is 13.9. The maximum Gasteiger partial charge on any atom is 0.341 e. The molecule has 0 fully saturated rings. The molecule has 0 radical (unpaired) electrons. The Bertz CT molecular complexity index is 686. The summed E-state index contributed by atoms with van der Waals surface area (Å²) in [5.74, 6) is -1.34. The zero-order valence-electron chi connectivity index (χ0n) is 13.9. The minimum Gasteiger partial charge on any atom is -0.463 e. The first kappa shape index (κ1) is 18.5. The predicted octanol–water partition coefficient (Wildman–Crippen LogP) is 2.02. The van der Waals surface area contributed by atoms with Gasteiger partial charge in [0.15, 0.2) is 0 Å². The van der Waals surface area contributed by atoms with Crippen LogP contribution < -0.4 is 5.32 Å². The van der Waals surface area contributed by atoms with Crippen molar-refractivity contribution in [3.05, 3.63) is 39.9 Å². The van der Waals surface area contributed by atoms with Gasteiger partial charge in [0, 0.05) is 24.5 Å². The molecular weight excluding hydrogens is 330 g/mol. The summed E-state index contributed by atoms with van der Waals surface area (Å²) in [6.45, 7) is 4.30. The van der Waals surface area contributed by atoms with E-state index in [4.69, 9.17) is 9.47 Å². The molecule has 1 heterocycles. The number of nitro benzene ring substituents is 1. The molecule has 0 saturated heterocycles. The number of nitrogens with zero attached hydrogens (tertiary/aromatic N) is 2. The van der Waals surface area contributed by atoms with Crippen molar-refractivity contribution in [3.63, 3.8) is 0 Å². The molecule has 1 aromatic rings. The van der Waals surface area contributed by atoms with Crippen molar-refractivity contribution in [2.75, 3.05) is 19.8 Å². The smallest absolute Gasteiger partial charge is 0.341 e. The first-order valence-electron chi connectivity index (χ1n) is 7.78. The van der Waals surface area contributed by atoms with Gasteiger partial charge in [0.25, 0.3) is 5.69 Å². The van der Waals surface area contributed by atoms with Crippen molar-refractivity contribution < 1.29 is 24.0 Å². The number of non-ortho nitro benzene ring substituents is 1. The van der Waals surface area contributed by atoms with Gasteiger partial charge in [0.05, 0.1) is 17.6 Å². The van der Waals surface area contributed by atoms with E-state index >= 15 is 0 Å². The van der Waals surface area contributed by atoms with Crippen molar-refractivity contribution in [3.8, 4) is 0 Å². The molecule has 2 amide bonds. The lowest BCUT2D eigenvalue weighted by Crippen LogP contribution is -2.44. The van der Waals surface area contributed by atoms with E-state index in [0.29, 0.717) is 17.9 Å². The van der Waals surface area contributed by atoms with Crippen LogP contribution in [0.25, 0.3) is 0 Å². The van der Waals surface area contributed by atoms with Gasteiger partial charge in [-0.25, -0.2) is 9.79 Å². The molecule has 9 nitrogen and oxygen atoms in total. The molecule has 0 aliphatic carbocycles. The molecule has 25 heavy (non-hydrogen) atoms. The first-order valence-corrected chi connectivity index (χ1v) is 7.78. The fourth-order valence-electron chi connectivity index (χ4n) is 2.54. The van der Waals surface area contributed by atoms with Gasteiger partial charge in [0.1, 0.15) is 12.5 Å². The largest absolute Gasteiger partial charge is 0.463 e. The van der Waals surface area contributed by atoms with E-state index in [1.807, 2.05) is 6.92 Å². The van der Waals surface area contributed by atoms with Crippen molar-refractivity contribution in [1.82, 2.24) is 5.32 Å². The Hall–Kier alpha value is -2.81. The monoisotopic (exact) mass is 349 g/mol. The number of aliphatic imine (C=N–C) groups is 1. The molecule has 0 aromatic heterocycles. The summed E-state index contributed by atoms with van der Waals surface area (Å²) >= 11 is 0. The highest BCUT2D eigenvalue weighted by Gasteiger charge is 2.38. The summed E-state index contributed by atoms with van der Waals surface area (Å²) < 4.78 is 10.3. The van der Waals surface area contributed by atoms with E-state index < -0.39 is 28.9 Å². The van der Waals surface area contributed by atoms with Crippen LogP contribution in [0, 0.1) is 16.0 Å². The predicted molar refractivity (Wildman–Crippen MR) is 88.4 cm³/mol. The molecular formula is C16H19N3O6. The van der Waals surface area contributed by atoms with E-state index in [-0.39, 0.29) is 18.9 Å². The maximum absolute atomic E-state index is 12.4. The Morgan fingerprint density at radius 2 is 2.00 bits per heavy atom. The highest BCUT2D eigenvalue weighted by molar-refractivity contribution is 6.08. The lowest BCUT2D eigenvalue weighted by Gasteiger charge is -2.29. The van der Waals surface area contributed by atoms with Crippen LogP contribution in [0.5, 0.6) is 0 Å². The average Bonchev–Trinajstić information content (AvgIpc) is 2.58. The summed E-state index contributed by atoms with van der Waals surface area (Å²) in [6.07, 6.45) is 0. The van der Waals surface area contributed by atoms with E-state index in [1.54, 1.807) is 6.92 Å². The Labute approximate surface area is 144 Å². The average molecular weight is 349 g/mol. The number of urea groups is 1. The van der Waals surface area contributed by atoms with Crippen molar-refractivity contribution in [1.29, 1.82) is 0 Å². The molecule has 1 aliphatic heterocycles. The van der Waals surface area contributed by atoms with Crippen LogP contribution in [0.3, 0.4) is 0 Å². The lowest BCUT2D eigenvalue weighted by atomic mass is 9.88. The third kappa shape index (κ3) is 4.60. The second kappa shape index (κ2) is 8.34. The normalized spacial score (nSPS) is 19.8. The van der Waals surface area contributed by atoms with Crippen LogP contribution in [-0.2, 0) is 14.3 Å². The Morgan fingerprint density at radius 1 is 1.32 bits per heavy atom. The van der Waals surface area contributed by atoms with Crippen LogP contribution in [0.1, 0.15) is 25.5 Å². The van der Waals surface area contributed by atoms with Gasteiger partial charge in [-0.05, 0) is 19.4 Å². The number of hydrogen-bond donors (Lipinski definition) is 1. The van der Waals surface area contributed by atoms with Crippen molar-refractivity contribution >= 4 is 23.4 Å². The first-order chi connectivity index (χ1) is 11.9. The van der Waals surface area contributed by atoms with Gasteiger partial charge in [-0.15, -0.1) is 0 Å². The highest BCUT2D eigenvalue weighted by Crippen LogP contribution is 2.29. The lowest BCUT2D eigenvalue weighted by molar-refractivity contribution is -0.384. The molecule has 9 heteroatoms. The molecule has 1 N–H and O–H groups in total. The third-order valence-electron chi connectivity index (χ3n) is 3.73. The molecule has 0 bridgehead atoms. The van der Waals surface area contributed by atoms with E-state index in [1.165, 1.54) is 24.3 Å². The molecule has 2 unspecified atom stereocenters. The summed E-state index contributed by atoms with van der Waals surface area (Å²) in [5, 5.41) is 13.4. The molecule has 0 saturated carbocycles. The van der Waals surface area contributed by atoms with Crippen LogP contribution in [-0.4, -0.2) is 42.5 Å².